The molecule has 11 heavy (non-hydrogen) atoms. The Hall–Kier alpha value is -0.340. The van der Waals surface area contributed by atoms with E-state index < -0.39 is 0 Å². The lowest BCUT2D eigenvalue weighted by molar-refractivity contribution is 0.988. The molecule has 1 aliphatic rings. The van der Waals surface area contributed by atoms with Gasteiger partial charge in [-0.05, 0) is 24.4 Å². The summed E-state index contributed by atoms with van der Waals surface area (Å²) in [7, 11) is 0. The summed E-state index contributed by atoms with van der Waals surface area (Å²) in [4.78, 5) is 7.83. The highest BCUT2D eigenvalue weighted by Crippen LogP contribution is 2.41. The maximum Gasteiger partial charge on any atom is 0.222 e. The lowest BCUT2D eigenvalue weighted by Gasteiger charge is -1.98. The molecule has 2 rings (SSSR count). The van der Waals surface area contributed by atoms with Crippen molar-refractivity contribution in [3.63, 3.8) is 0 Å². The average molecular weight is 189 g/mol. The molecule has 0 radical (unpaired) electrons. The number of hydrogen-bond donors (Lipinski definition) is 0. The summed E-state index contributed by atoms with van der Waals surface area (Å²) in [6.45, 7) is 0. The minimum atomic E-state index is 0.288. The van der Waals surface area contributed by atoms with Crippen LogP contribution in [-0.2, 0) is 0 Å². The van der Waals surface area contributed by atoms with E-state index >= 15 is 0 Å². The fourth-order valence-electron chi connectivity index (χ4n) is 1.00. The summed E-state index contributed by atoms with van der Waals surface area (Å²) < 4.78 is 0. The molecule has 58 valence electrons. The van der Waals surface area contributed by atoms with Crippen LogP contribution in [-0.4, -0.2) is 9.97 Å². The van der Waals surface area contributed by atoms with Gasteiger partial charge in [0, 0.05) is 5.92 Å². The monoisotopic (exact) mass is 188 g/mol. The van der Waals surface area contributed by atoms with Crippen molar-refractivity contribution in [1.82, 2.24) is 9.97 Å². The zero-order chi connectivity index (χ0) is 7.84. The van der Waals surface area contributed by atoms with Crippen molar-refractivity contribution in [2.75, 3.05) is 0 Å². The first kappa shape index (κ1) is 7.32. The number of nitrogens with zero attached hydrogens (tertiary/aromatic N) is 2. The molecule has 1 fully saturated rings. The van der Waals surface area contributed by atoms with Crippen LogP contribution in [0.4, 0.5) is 0 Å². The van der Waals surface area contributed by atoms with Crippen molar-refractivity contribution < 1.29 is 0 Å². The largest absolute Gasteiger partial charge is 0.225 e. The number of aromatic nitrogens is 2. The Balaban J connectivity index is 2.42. The summed E-state index contributed by atoms with van der Waals surface area (Å²) in [5.74, 6) is 0.531. The minimum Gasteiger partial charge on any atom is -0.225 e. The van der Waals surface area contributed by atoms with Crippen LogP contribution in [0.25, 0.3) is 0 Å². The molecule has 1 aromatic heterocycles. The van der Waals surface area contributed by atoms with Gasteiger partial charge in [0.1, 0.15) is 0 Å². The van der Waals surface area contributed by atoms with Gasteiger partial charge in [0.05, 0.1) is 16.9 Å². The van der Waals surface area contributed by atoms with Gasteiger partial charge in [0.25, 0.3) is 0 Å². The molecule has 2 nitrogen and oxygen atoms in total. The van der Waals surface area contributed by atoms with Crippen molar-refractivity contribution in [2.24, 2.45) is 0 Å². The first-order valence-electron chi connectivity index (χ1n) is 3.45. The maximum absolute atomic E-state index is 5.85. The molecule has 0 aliphatic heterocycles. The van der Waals surface area contributed by atoms with Crippen LogP contribution in [0.3, 0.4) is 0 Å². The van der Waals surface area contributed by atoms with Crippen LogP contribution in [0.15, 0.2) is 6.20 Å². The molecule has 1 saturated carbocycles. The van der Waals surface area contributed by atoms with Crippen LogP contribution in [0.2, 0.25) is 10.3 Å². The predicted octanol–water partition coefficient (Wildman–Crippen LogP) is 2.66. The van der Waals surface area contributed by atoms with Crippen molar-refractivity contribution in [3.05, 3.63) is 22.2 Å². The summed E-state index contributed by atoms with van der Waals surface area (Å²) in [5, 5.41) is 0.924. The molecule has 0 aromatic carbocycles. The molecule has 0 bridgehead atoms. The summed E-state index contributed by atoms with van der Waals surface area (Å²) >= 11 is 11.5. The number of halogens is 2. The third-order valence-corrected chi connectivity index (χ3v) is 2.18. The summed E-state index contributed by atoms with van der Waals surface area (Å²) in [6.07, 6.45) is 3.91. The number of rotatable bonds is 1. The molecule has 0 spiro atoms. The topological polar surface area (TPSA) is 25.8 Å². The van der Waals surface area contributed by atoms with Gasteiger partial charge in [-0.15, -0.1) is 0 Å². The molecule has 0 N–H and O–H groups in total. The Labute approximate surface area is 74.6 Å². The molecule has 0 saturated heterocycles. The van der Waals surface area contributed by atoms with Crippen LogP contribution < -0.4 is 0 Å². The lowest BCUT2D eigenvalue weighted by atomic mass is 10.3. The van der Waals surface area contributed by atoms with E-state index in [2.05, 4.69) is 9.97 Å². The molecule has 0 amide bonds. The Morgan fingerprint density at radius 3 is 2.73 bits per heavy atom. The van der Waals surface area contributed by atoms with E-state index in [1.165, 1.54) is 12.8 Å². The van der Waals surface area contributed by atoms with Gasteiger partial charge in [-0.25, -0.2) is 9.97 Å². The summed E-state index contributed by atoms with van der Waals surface area (Å²) in [5.41, 5.74) is 0.909. The first-order chi connectivity index (χ1) is 5.27. The molecule has 0 atom stereocenters. The summed E-state index contributed by atoms with van der Waals surface area (Å²) in [6, 6.07) is 0. The predicted molar refractivity (Wildman–Crippen MR) is 44.0 cm³/mol. The zero-order valence-electron chi connectivity index (χ0n) is 5.72. The van der Waals surface area contributed by atoms with Crippen molar-refractivity contribution in [3.8, 4) is 0 Å². The van der Waals surface area contributed by atoms with E-state index in [1.54, 1.807) is 6.20 Å². The van der Waals surface area contributed by atoms with Gasteiger partial charge in [-0.3, -0.25) is 0 Å². The van der Waals surface area contributed by atoms with E-state index in [-0.39, 0.29) is 5.28 Å². The third kappa shape index (κ3) is 1.47. The van der Waals surface area contributed by atoms with Gasteiger partial charge in [0.2, 0.25) is 5.28 Å². The van der Waals surface area contributed by atoms with E-state index in [0.717, 1.165) is 5.69 Å². The van der Waals surface area contributed by atoms with Crippen molar-refractivity contribution in [1.29, 1.82) is 0 Å². The van der Waals surface area contributed by atoms with Gasteiger partial charge in [-0.2, -0.15) is 0 Å². The Morgan fingerprint density at radius 2 is 2.09 bits per heavy atom. The highest BCUT2D eigenvalue weighted by molar-refractivity contribution is 6.32. The van der Waals surface area contributed by atoms with Gasteiger partial charge in [-0.1, -0.05) is 11.6 Å². The Bertz CT molecular complexity index is 284. The van der Waals surface area contributed by atoms with Crippen molar-refractivity contribution in [2.45, 2.75) is 18.8 Å². The minimum absolute atomic E-state index is 0.288. The second-order valence-corrected chi connectivity index (χ2v) is 3.39. The van der Waals surface area contributed by atoms with E-state index in [4.69, 9.17) is 23.2 Å². The Morgan fingerprint density at radius 1 is 1.36 bits per heavy atom. The fourth-order valence-corrected chi connectivity index (χ4v) is 1.39. The van der Waals surface area contributed by atoms with E-state index in [0.29, 0.717) is 10.9 Å². The van der Waals surface area contributed by atoms with Crippen LogP contribution in [0, 0.1) is 0 Å². The fraction of sp³-hybridized carbons (Fsp3) is 0.429. The quantitative estimate of drug-likeness (QED) is 0.634. The molecule has 1 heterocycles. The SMILES string of the molecule is Clc1ncc(Cl)c(C2CC2)n1. The van der Waals surface area contributed by atoms with Crippen molar-refractivity contribution >= 4 is 23.2 Å². The average Bonchev–Trinajstić information content (AvgIpc) is 2.76. The molecule has 0 unspecified atom stereocenters. The third-order valence-electron chi connectivity index (χ3n) is 1.71. The van der Waals surface area contributed by atoms with Crippen LogP contribution in [0.5, 0.6) is 0 Å². The first-order valence-corrected chi connectivity index (χ1v) is 4.21. The molecule has 4 heteroatoms. The van der Waals surface area contributed by atoms with E-state index in [9.17, 15) is 0 Å². The van der Waals surface area contributed by atoms with Crippen LogP contribution in [0.1, 0.15) is 24.5 Å². The smallest absolute Gasteiger partial charge is 0.222 e. The standard InChI is InChI=1S/C7H6Cl2N2/c8-5-3-10-7(9)11-6(5)4-1-2-4/h3-4H,1-2H2. The maximum atomic E-state index is 5.85. The second-order valence-electron chi connectivity index (χ2n) is 2.65. The zero-order valence-corrected chi connectivity index (χ0v) is 7.23. The molecule has 1 aliphatic carbocycles. The van der Waals surface area contributed by atoms with Crippen LogP contribution >= 0.6 is 23.2 Å². The van der Waals surface area contributed by atoms with E-state index in [1.807, 2.05) is 0 Å². The molecular weight excluding hydrogens is 183 g/mol. The Kier molecular flexibility index (Phi) is 1.74. The van der Waals surface area contributed by atoms with Gasteiger partial charge >= 0.3 is 0 Å². The van der Waals surface area contributed by atoms with Gasteiger partial charge in [0.15, 0.2) is 0 Å². The highest BCUT2D eigenvalue weighted by atomic mass is 35.5. The normalized spacial score (nSPS) is 16.9. The lowest BCUT2D eigenvalue weighted by Crippen LogP contribution is -1.90. The highest BCUT2D eigenvalue weighted by Gasteiger charge is 2.27. The molecular formula is C7H6Cl2N2. The van der Waals surface area contributed by atoms with Gasteiger partial charge < -0.3 is 0 Å². The second kappa shape index (κ2) is 2.61. The number of hydrogen-bond acceptors (Lipinski definition) is 2. The molecule has 1 aromatic rings.